The molecule has 0 spiro atoms. The van der Waals surface area contributed by atoms with E-state index in [2.05, 4.69) is 17.1 Å². The number of primary amides is 1. The Morgan fingerprint density at radius 2 is 1.52 bits per heavy atom. The zero-order chi connectivity index (χ0) is 19.1. The number of carbonyl (C=O) groups excluding carboxylic acids is 1. The van der Waals surface area contributed by atoms with Crippen molar-refractivity contribution in [2.75, 3.05) is 6.61 Å². The van der Waals surface area contributed by atoms with Crippen LogP contribution in [0, 0.1) is 0 Å². The van der Waals surface area contributed by atoms with Gasteiger partial charge in [0.1, 0.15) is 5.75 Å². The molecular formula is C21H23N3O3. The molecule has 1 aromatic heterocycles. The Hall–Kier alpha value is -3.15. The normalized spacial score (nSPS) is 10.7. The number of nitrogens with two attached hydrogens (primary N) is 1. The summed E-state index contributed by atoms with van der Waals surface area (Å²) in [6.07, 6.45) is 4.72. The molecule has 6 heteroatoms. The molecule has 0 aliphatic heterocycles. The van der Waals surface area contributed by atoms with E-state index in [1.807, 2.05) is 24.3 Å². The molecule has 0 bridgehead atoms. The molecule has 1 amide bonds. The molecule has 3 rings (SSSR count). The summed E-state index contributed by atoms with van der Waals surface area (Å²) < 4.78 is 11.5. The standard InChI is InChI=1S/C21H23N3O3/c1-2-3-4-5-14-26-18-12-10-17(11-13-18)21-24-23-20(27-21)16-8-6-15(7-9-16)19(22)25/h6-13H,2-5,14H2,1H3,(H2,22,25). The maximum atomic E-state index is 11.1. The third-order valence-electron chi connectivity index (χ3n) is 4.21. The van der Waals surface area contributed by atoms with Crippen molar-refractivity contribution in [3.8, 4) is 28.7 Å². The quantitative estimate of drug-likeness (QED) is 0.565. The van der Waals surface area contributed by atoms with Gasteiger partial charge in [-0.05, 0) is 55.0 Å². The molecular weight excluding hydrogens is 342 g/mol. The smallest absolute Gasteiger partial charge is 0.248 e. The molecule has 0 radical (unpaired) electrons. The summed E-state index contributed by atoms with van der Waals surface area (Å²) in [5.74, 6) is 1.17. The maximum absolute atomic E-state index is 11.1. The largest absolute Gasteiger partial charge is 0.494 e. The van der Waals surface area contributed by atoms with Gasteiger partial charge in [0.15, 0.2) is 0 Å². The SMILES string of the molecule is CCCCCCOc1ccc(-c2nnc(-c3ccc(C(N)=O)cc3)o2)cc1. The van der Waals surface area contributed by atoms with E-state index in [-0.39, 0.29) is 0 Å². The van der Waals surface area contributed by atoms with Crippen molar-refractivity contribution < 1.29 is 13.9 Å². The number of aromatic nitrogens is 2. The molecule has 0 atom stereocenters. The van der Waals surface area contributed by atoms with Gasteiger partial charge in [-0.3, -0.25) is 4.79 Å². The molecule has 0 unspecified atom stereocenters. The van der Waals surface area contributed by atoms with Crippen LogP contribution >= 0.6 is 0 Å². The van der Waals surface area contributed by atoms with E-state index in [1.54, 1.807) is 24.3 Å². The fourth-order valence-electron chi connectivity index (χ4n) is 2.65. The van der Waals surface area contributed by atoms with Crippen molar-refractivity contribution >= 4 is 5.91 Å². The first-order valence-corrected chi connectivity index (χ1v) is 9.14. The summed E-state index contributed by atoms with van der Waals surface area (Å²) in [5, 5.41) is 8.17. The van der Waals surface area contributed by atoms with E-state index in [0.29, 0.717) is 17.3 Å². The predicted molar refractivity (Wildman–Crippen MR) is 103 cm³/mol. The number of nitrogens with zero attached hydrogens (tertiary/aromatic N) is 2. The molecule has 27 heavy (non-hydrogen) atoms. The van der Waals surface area contributed by atoms with Crippen molar-refractivity contribution in [3.05, 3.63) is 54.1 Å². The summed E-state index contributed by atoms with van der Waals surface area (Å²) in [7, 11) is 0. The number of amides is 1. The van der Waals surface area contributed by atoms with E-state index in [4.69, 9.17) is 14.9 Å². The fraction of sp³-hybridized carbons (Fsp3) is 0.286. The second kappa shape index (κ2) is 8.98. The van der Waals surface area contributed by atoms with Crippen LogP contribution < -0.4 is 10.5 Å². The van der Waals surface area contributed by atoms with Crippen LogP contribution in [-0.2, 0) is 0 Å². The van der Waals surface area contributed by atoms with Crippen LogP contribution in [-0.4, -0.2) is 22.7 Å². The van der Waals surface area contributed by atoms with Gasteiger partial charge < -0.3 is 14.9 Å². The molecule has 3 aromatic rings. The third kappa shape index (κ3) is 4.94. The molecule has 0 aliphatic carbocycles. The molecule has 140 valence electrons. The Morgan fingerprint density at radius 3 is 2.07 bits per heavy atom. The van der Waals surface area contributed by atoms with Crippen molar-refractivity contribution in [2.24, 2.45) is 5.73 Å². The molecule has 6 nitrogen and oxygen atoms in total. The first kappa shape index (κ1) is 18.6. The monoisotopic (exact) mass is 365 g/mol. The average Bonchev–Trinajstić information content (AvgIpc) is 3.18. The number of hydrogen-bond donors (Lipinski definition) is 1. The Morgan fingerprint density at radius 1 is 0.926 bits per heavy atom. The van der Waals surface area contributed by atoms with Gasteiger partial charge in [-0.25, -0.2) is 0 Å². The van der Waals surface area contributed by atoms with Crippen molar-refractivity contribution in [1.82, 2.24) is 10.2 Å². The molecule has 0 saturated carbocycles. The highest BCUT2D eigenvalue weighted by atomic mass is 16.5. The number of hydrogen-bond acceptors (Lipinski definition) is 5. The molecule has 0 fully saturated rings. The lowest BCUT2D eigenvalue weighted by Gasteiger charge is -2.06. The number of ether oxygens (including phenoxy) is 1. The molecule has 2 aromatic carbocycles. The lowest BCUT2D eigenvalue weighted by atomic mass is 10.1. The second-order valence-corrected chi connectivity index (χ2v) is 6.29. The van der Waals surface area contributed by atoms with Gasteiger partial charge in [0.25, 0.3) is 0 Å². The summed E-state index contributed by atoms with van der Waals surface area (Å²) >= 11 is 0. The molecule has 1 heterocycles. The second-order valence-electron chi connectivity index (χ2n) is 6.29. The summed E-state index contributed by atoms with van der Waals surface area (Å²) in [6.45, 7) is 2.92. The Balaban J connectivity index is 1.63. The summed E-state index contributed by atoms with van der Waals surface area (Å²) in [4.78, 5) is 11.1. The number of rotatable bonds is 9. The minimum atomic E-state index is -0.472. The van der Waals surface area contributed by atoms with Gasteiger partial charge in [0, 0.05) is 16.7 Å². The van der Waals surface area contributed by atoms with E-state index < -0.39 is 5.91 Å². The molecule has 2 N–H and O–H groups in total. The lowest BCUT2D eigenvalue weighted by Crippen LogP contribution is -2.10. The van der Waals surface area contributed by atoms with E-state index in [9.17, 15) is 4.79 Å². The first-order valence-electron chi connectivity index (χ1n) is 9.14. The maximum Gasteiger partial charge on any atom is 0.248 e. The van der Waals surface area contributed by atoms with Gasteiger partial charge in [0.05, 0.1) is 6.61 Å². The highest BCUT2D eigenvalue weighted by Gasteiger charge is 2.11. The molecule has 0 saturated heterocycles. The number of carbonyl (C=O) groups is 1. The first-order chi connectivity index (χ1) is 13.2. The molecule has 0 aliphatic rings. The third-order valence-corrected chi connectivity index (χ3v) is 4.21. The van der Waals surface area contributed by atoms with Crippen LogP contribution in [0.5, 0.6) is 5.75 Å². The zero-order valence-electron chi connectivity index (χ0n) is 15.4. The van der Waals surface area contributed by atoms with E-state index >= 15 is 0 Å². The van der Waals surface area contributed by atoms with Crippen molar-refractivity contribution in [3.63, 3.8) is 0 Å². The van der Waals surface area contributed by atoms with Gasteiger partial charge in [-0.2, -0.15) is 0 Å². The van der Waals surface area contributed by atoms with Gasteiger partial charge >= 0.3 is 0 Å². The summed E-state index contributed by atoms with van der Waals surface area (Å²) in [5.41, 5.74) is 7.23. The summed E-state index contributed by atoms with van der Waals surface area (Å²) in [6, 6.07) is 14.3. The van der Waals surface area contributed by atoms with Crippen molar-refractivity contribution in [2.45, 2.75) is 32.6 Å². The number of unbranched alkanes of at least 4 members (excludes halogenated alkanes) is 3. The van der Waals surface area contributed by atoms with Crippen LogP contribution in [0.1, 0.15) is 43.0 Å². The highest BCUT2D eigenvalue weighted by Crippen LogP contribution is 2.25. The van der Waals surface area contributed by atoms with Gasteiger partial charge in [-0.1, -0.05) is 26.2 Å². The van der Waals surface area contributed by atoms with Crippen LogP contribution in [0.25, 0.3) is 22.9 Å². The van der Waals surface area contributed by atoms with E-state index in [0.717, 1.165) is 29.9 Å². The minimum absolute atomic E-state index is 0.386. The van der Waals surface area contributed by atoms with Crippen LogP contribution in [0.15, 0.2) is 52.9 Å². The van der Waals surface area contributed by atoms with E-state index in [1.165, 1.54) is 19.3 Å². The highest BCUT2D eigenvalue weighted by molar-refractivity contribution is 5.93. The van der Waals surface area contributed by atoms with Crippen LogP contribution in [0.2, 0.25) is 0 Å². The van der Waals surface area contributed by atoms with Crippen molar-refractivity contribution in [1.29, 1.82) is 0 Å². The Kier molecular flexibility index (Phi) is 6.20. The van der Waals surface area contributed by atoms with Crippen LogP contribution in [0.3, 0.4) is 0 Å². The lowest BCUT2D eigenvalue weighted by molar-refractivity contribution is 0.100. The zero-order valence-corrected chi connectivity index (χ0v) is 15.4. The van der Waals surface area contributed by atoms with Gasteiger partial charge in [0.2, 0.25) is 17.7 Å². The topological polar surface area (TPSA) is 91.2 Å². The fourth-order valence-corrected chi connectivity index (χ4v) is 2.65. The minimum Gasteiger partial charge on any atom is -0.494 e. The predicted octanol–water partition coefficient (Wildman–Crippen LogP) is 4.46. The van der Waals surface area contributed by atoms with Crippen LogP contribution in [0.4, 0.5) is 0 Å². The average molecular weight is 365 g/mol. The Bertz CT molecular complexity index is 870. The Labute approximate surface area is 158 Å². The van der Waals surface area contributed by atoms with Gasteiger partial charge in [-0.15, -0.1) is 10.2 Å². The number of benzene rings is 2.